The molecule has 4 rings (SSSR count). The number of methoxy groups -OCH3 is 2. The Balaban J connectivity index is 1.48. The molecule has 34 heavy (non-hydrogen) atoms. The Hall–Kier alpha value is -2.79. The van der Waals surface area contributed by atoms with E-state index in [1.807, 2.05) is 31.2 Å². The van der Waals surface area contributed by atoms with Gasteiger partial charge in [-0.15, -0.1) is 0 Å². The normalized spacial score (nSPS) is 16.4. The number of aromatic nitrogens is 2. The minimum Gasteiger partial charge on any atom is -0.497 e. The molecule has 182 valence electrons. The average molecular weight is 487 g/mol. The topological polar surface area (TPSA) is 94.1 Å². The largest absolute Gasteiger partial charge is 0.497 e. The van der Waals surface area contributed by atoms with E-state index < -0.39 is 10.0 Å². The van der Waals surface area contributed by atoms with Crippen LogP contribution >= 0.6 is 0 Å². The fourth-order valence-electron chi connectivity index (χ4n) is 3.97. The number of rotatable bonds is 9. The Kier molecular flexibility index (Phi) is 7.62. The number of benzene rings is 2. The molecule has 0 N–H and O–H groups in total. The van der Waals surface area contributed by atoms with Crippen LogP contribution in [-0.2, 0) is 14.8 Å². The number of sulfonamides is 1. The highest BCUT2D eigenvalue weighted by molar-refractivity contribution is 7.89. The predicted octanol–water partition coefficient (Wildman–Crippen LogP) is 2.73. The van der Waals surface area contributed by atoms with Crippen LogP contribution in [0.2, 0.25) is 0 Å². The smallest absolute Gasteiger partial charge is 0.243 e. The van der Waals surface area contributed by atoms with Crippen molar-refractivity contribution in [1.82, 2.24) is 19.2 Å². The lowest BCUT2D eigenvalue weighted by Crippen LogP contribution is -2.49. The van der Waals surface area contributed by atoms with Crippen molar-refractivity contribution in [2.24, 2.45) is 0 Å². The van der Waals surface area contributed by atoms with Crippen molar-refractivity contribution >= 4 is 20.9 Å². The third-order valence-electron chi connectivity index (χ3n) is 6.00. The fourth-order valence-corrected chi connectivity index (χ4v) is 5.40. The highest BCUT2D eigenvalue weighted by Gasteiger charge is 2.31. The molecule has 1 saturated heterocycles. The number of piperazine rings is 1. The van der Waals surface area contributed by atoms with Crippen LogP contribution in [0.1, 0.15) is 18.8 Å². The van der Waals surface area contributed by atoms with Crippen molar-refractivity contribution in [1.29, 1.82) is 0 Å². The standard InChI is InChI=1S/C24H30N4O5S/c1-18(23-25-22-7-5-4-6-21(22)24(26-23)33-17-16-31-2)27-12-14-28(15-13-27)34(29,30)20-10-8-19(32-3)9-11-20/h4-11,18H,12-17H2,1-3H3. The number of para-hydroxylation sites is 1. The van der Waals surface area contributed by atoms with Crippen molar-refractivity contribution < 1.29 is 22.6 Å². The van der Waals surface area contributed by atoms with Crippen LogP contribution in [0.4, 0.5) is 0 Å². The summed E-state index contributed by atoms with van der Waals surface area (Å²) in [4.78, 5) is 11.9. The molecule has 2 heterocycles. The van der Waals surface area contributed by atoms with Gasteiger partial charge in [0.25, 0.3) is 0 Å². The molecule has 0 spiro atoms. The lowest BCUT2D eigenvalue weighted by molar-refractivity contribution is 0.136. The van der Waals surface area contributed by atoms with Crippen LogP contribution in [0.15, 0.2) is 53.4 Å². The summed E-state index contributed by atoms with van der Waals surface area (Å²) in [5, 5.41) is 0.852. The molecule has 1 unspecified atom stereocenters. The second kappa shape index (κ2) is 10.6. The molecule has 0 radical (unpaired) electrons. The van der Waals surface area contributed by atoms with Crippen LogP contribution in [-0.4, -0.2) is 81.2 Å². The van der Waals surface area contributed by atoms with Crippen LogP contribution in [0.3, 0.4) is 0 Å². The van der Waals surface area contributed by atoms with E-state index in [1.54, 1.807) is 38.5 Å². The van der Waals surface area contributed by atoms with Crippen LogP contribution in [0.25, 0.3) is 10.9 Å². The molecular weight excluding hydrogens is 456 g/mol. The maximum atomic E-state index is 13.1. The zero-order valence-electron chi connectivity index (χ0n) is 19.7. The van der Waals surface area contributed by atoms with Crippen LogP contribution in [0.5, 0.6) is 11.6 Å². The Labute approximate surface area is 200 Å². The summed E-state index contributed by atoms with van der Waals surface area (Å²) in [5.41, 5.74) is 0.812. The Morgan fingerprint density at radius 1 is 0.941 bits per heavy atom. The van der Waals surface area contributed by atoms with E-state index in [1.165, 1.54) is 4.31 Å². The van der Waals surface area contributed by atoms with Gasteiger partial charge in [-0.1, -0.05) is 12.1 Å². The minimum atomic E-state index is -3.56. The average Bonchev–Trinajstić information content (AvgIpc) is 2.88. The molecule has 0 saturated carbocycles. The number of fused-ring (bicyclic) bond motifs is 1. The Morgan fingerprint density at radius 3 is 2.32 bits per heavy atom. The molecule has 0 aliphatic carbocycles. The third-order valence-corrected chi connectivity index (χ3v) is 7.92. The highest BCUT2D eigenvalue weighted by atomic mass is 32.2. The van der Waals surface area contributed by atoms with Gasteiger partial charge in [-0.3, -0.25) is 4.90 Å². The van der Waals surface area contributed by atoms with Crippen LogP contribution in [0, 0.1) is 0 Å². The van der Waals surface area contributed by atoms with Crippen molar-refractivity contribution in [3.8, 4) is 11.6 Å². The summed E-state index contributed by atoms with van der Waals surface area (Å²) in [6.45, 7) is 4.84. The van der Waals surface area contributed by atoms with E-state index in [4.69, 9.17) is 24.2 Å². The van der Waals surface area contributed by atoms with Gasteiger partial charge in [-0.25, -0.2) is 13.4 Å². The Bertz CT molecular complexity index is 1210. The molecule has 2 aromatic carbocycles. The number of ether oxygens (including phenoxy) is 3. The summed E-state index contributed by atoms with van der Waals surface area (Å²) in [6, 6.07) is 14.1. The van der Waals surface area contributed by atoms with Crippen LogP contribution < -0.4 is 9.47 Å². The zero-order chi connectivity index (χ0) is 24.1. The predicted molar refractivity (Wildman–Crippen MR) is 129 cm³/mol. The van der Waals surface area contributed by atoms with Gasteiger partial charge in [0.1, 0.15) is 18.2 Å². The van der Waals surface area contributed by atoms with E-state index >= 15 is 0 Å². The van der Waals surface area contributed by atoms with Gasteiger partial charge in [0.05, 0.1) is 35.6 Å². The lowest BCUT2D eigenvalue weighted by Gasteiger charge is -2.36. The van der Waals surface area contributed by atoms with E-state index in [-0.39, 0.29) is 10.9 Å². The first-order valence-corrected chi connectivity index (χ1v) is 12.6. The summed E-state index contributed by atoms with van der Waals surface area (Å²) in [7, 11) is -0.379. The quantitative estimate of drug-likeness (QED) is 0.426. The van der Waals surface area contributed by atoms with E-state index in [9.17, 15) is 8.42 Å². The third kappa shape index (κ3) is 5.15. The molecule has 1 fully saturated rings. The number of hydrogen-bond acceptors (Lipinski definition) is 8. The summed E-state index contributed by atoms with van der Waals surface area (Å²) in [5.74, 6) is 1.81. The molecule has 10 heteroatoms. The first-order valence-electron chi connectivity index (χ1n) is 11.2. The van der Waals surface area contributed by atoms with E-state index in [0.717, 1.165) is 10.9 Å². The number of nitrogens with zero attached hydrogens (tertiary/aromatic N) is 4. The molecule has 1 aromatic heterocycles. The van der Waals surface area contributed by atoms with Gasteiger partial charge >= 0.3 is 0 Å². The van der Waals surface area contributed by atoms with Crippen molar-refractivity contribution in [3.05, 3.63) is 54.4 Å². The molecule has 0 amide bonds. The van der Waals surface area contributed by atoms with E-state index in [0.29, 0.717) is 56.8 Å². The zero-order valence-corrected chi connectivity index (χ0v) is 20.5. The SMILES string of the molecule is COCCOc1nc(C(C)N2CCN(S(=O)(=O)c3ccc(OC)cc3)CC2)nc2ccccc12. The first kappa shape index (κ1) is 24.3. The minimum absolute atomic E-state index is 0.0970. The van der Waals surface area contributed by atoms with Gasteiger partial charge in [-0.05, 0) is 43.3 Å². The molecule has 3 aromatic rings. The molecule has 1 atom stereocenters. The van der Waals surface area contributed by atoms with E-state index in [2.05, 4.69) is 4.90 Å². The highest BCUT2D eigenvalue weighted by Crippen LogP contribution is 2.28. The molecule has 9 nitrogen and oxygen atoms in total. The second-order valence-electron chi connectivity index (χ2n) is 8.04. The van der Waals surface area contributed by atoms with Gasteiger partial charge in [0.15, 0.2) is 0 Å². The van der Waals surface area contributed by atoms with Crippen molar-refractivity contribution in [2.75, 3.05) is 53.6 Å². The maximum absolute atomic E-state index is 13.1. The molecular formula is C24H30N4O5S. The summed E-state index contributed by atoms with van der Waals surface area (Å²) < 4.78 is 43.8. The maximum Gasteiger partial charge on any atom is 0.243 e. The number of hydrogen-bond donors (Lipinski definition) is 0. The lowest BCUT2D eigenvalue weighted by atomic mass is 10.2. The van der Waals surface area contributed by atoms with Crippen molar-refractivity contribution in [3.63, 3.8) is 0 Å². The molecule has 1 aliphatic rings. The van der Waals surface area contributed by atoms with Gasteiger partial charge in [-0.2, -0.15) is 9.29 Å². The summed E-state index contributed by atoms with van der Waals surface area (Å²) >= 11 is 0. The first-order chi connectivity index (χ1) is 16.4. The Morgan fingerprint density at radius 2 is 1.65 bits per heavy atom. The molecule has 1 aliphatic heterocycles. The second-order valence-corrected chi connectivity index (χ2v) is 9.97. The van der Waals surface area contributed by atoms with Gasteiger partial charge in [0.2, 0.25) is 15.9 Å². The fraction of sp³-hybridized carbons (Fsp3) is 0.417. The van der Waals surface area contributed by atoms with Gasteiger partial charge in [0, 0.05) is 33.3 Å². The van der Waals surface area contributed by atoms with Gasteiger partial charge < -0.3 is 14.2 Å². The van der Waals surface area contributed by atoms with Crippen molar-refractivity contribution in [2.45, 2.75) is 17.9 Å². The molecule has 0 bridgehead atoms. The summed E-state index contributed by atoms with van der Waals surface area (Å²) in [6.07, 6.45) is 0. The monoisotopic (exact) mass is 486 g/mol.